The number of aromatic nitrogens is 1. The van der Waals surface area contributed by atoms with Crippen LogP contribution in [0.4, 0.5) is 0 Å². The van der Waals surface area contributed by atoms with Crippen molar-refractivity contribution in [3.05, 3.63) is 22.2 Å². The molecular weight excluding hydrogens is 446 g/mol. The van der Waals surface area contributed by atoms with Crippen molar-refractivity contribution in [3.63, 3.8) is 0 Å². The maximum Gasteiger partial charge on any atom is 0.246 e. The van der Waals surface area contributed by atoms with E-state index in [1.165, 1.54) is 22.3 Å². The Kier molecular flexibility index (Phi) is 11.4. The second kappa shape index (κ2) is 13.8. The second-order valence-corrected chi connectivity index (χ2v) is 9.86. The lowest BCUT2D eigenvalue weighted by Gasteiger charge is -2.32. The number of aliphatic hydroxyl groups is 3. The van der Waals surface area contributed by atoms with Gasteiger partial charge >= 0.3 is 0 Å². The van der Waals surface area contributed by atoms with E-state index in [1.807, 2.05) is 26.2 Å². The van der Waals surface area contributed by atoms with Crippen molar-refractivity contribution in [3.8, 4) is 0 Å². The summed E-state index contributed by atoms with van der Waals surface area (Å²) in [5.41, 5.74) is 0.728. The standard InChI is InChI=1S/C23H37N3O6S/c1-16(2)12-22(30)26-10-9-25(21(29)7-6-18-15-33-17(3)24-18)8-4-5-11-32-14-20(28)23(31)19(27)13-26/h6-7,15-16,19-20,23,27-28,31H,4-5,8-14H2,1-3H3/t19-,20+,23+/m0/s1. The lowest BCUT2D eigenvalue weighted by atomic mass is 10.1. The zero-order valence-electron chi connectivity index (χ0n) is 19.7. The Hall–Kier alpha value is -1.85. The first kappa shape index (κ1) is 27.4. The molecule has 2 heterocycles. The summed E-state index contributed by atoms with van der Waals surface area (Å²) in [6, 6.07) is 0. The van der Waals surface area contributed by atoms with Crippen LogP contribution in [0.25, 0.3) is 6.08 Å². The molecule has 0 unspecified atom stereocenters. The van der Waals surface area contributed by atoms with E-state index in [1.54, 1.807) is 11.0 Å². The second-order valence-electron chi connectivity index (χ2n) is 8.80. The molecule has 1 aromatic rings. The van der Waals surface area contributed by atoms with Crippen molar-refractivity contribution in [2.75, 3.05) is 39.4 Å². The summed E-state index contributed by atoms with van der Waals surface area (Å²) < 4.78 is 5.41. The molecule has 0 bridgehead atoms. The quantitative estimate of drug-likeness (QED) is 0.547. The van der Waals surface area contributed by atoms with Gasteiger partial charge in [0, 0.05) is 50.7 Å². The molecule has 0 spiro atoms. The van der Waals surface area contributed by atoms with Crippen molar-refractivity contribution >= 4 is 29.2 Å². The number of thiazole rings is 1. The van der Waals surface area contributed by atoms with Gasteiger partial charge in [-0.2, -0.15) is 0 Å². The molecule has 0 saturated carbocycles. The van der Waals surface area contributed by atoms with Gasteiger partial charge in [-0.05, 0) is 31.8 Å². The van der Waals surface area contributed by atoms with Gasteiger partial charge in [-0.15, -0.1) is 11.3 Å². The fraction of sp³-hybridized carbons (Fsp3) is 0.696. The van der Waals surface area contributed by atoms with Crippen molar-refractivity contribution in [2.45, 2.75) is 58.3 Å². The van der Waals surface area contributed by atoms with Crippen LogP contribution in [0.2, 0.25) is 0 Å². The van der Waals surface area contributed by atoms with E-state index in [0.717, 1.165) is 10.7 Å². The van der Waals surface area contributed by atoms with Crippen molar-refractivity contribution in [2.24, 2.45) is 5.92 Å². The van der Waals surface area contributed by atoms with Gasteiger partial charge in [0.1, 0.15) is 18.3 Å². The number of nitrogens with zero attached hydrogens (tertiary/aromatic N) is 3. The summed E-state index contributed by atoms with van der Waals surface area (Å²) in [6.45, 7) is 6.87. The van der Waals surface area contributed by atoms with E-state index in [0.29, 0.717) is 26.0 Å². The van der Waals surface area contributed by atoms with E-state index >= 15 is 0 Å². The van der Waals surface area contributed by atoms with Crippen LogP contribution in [0.15, 0.2) is 11.5 Å². The number of aliphatic hydroxyl groups excluding tert-OH is 3. The predicted molar refractivity (Wildman–Crippen MR) is 127 cm³/mol. The molecule has 3 atom stereocenters. The summed E-state index contributed by atoms with van der Waals surface area (Å²) in [4.78, 5) is 33.2. The summed E-state index contributed by atoms with van der Waals surface area (Å²) in [5.74, 6) is -0.232. The Balaban J connectivity index is 2.15. The fourth-order valence-electron chi connectivity index (χ4n) is 3.49. The van der Waals surface area contributed by atoms with Crippen LogP contribution in [0.5, 0.6) is 0 Å². The van der Waals surface area contributed by atoms with Gasteiger partial charge in [0.15, 0.2) is 0 Å². The van der Waals surface area contributed by atoms with Crippen molar-refractivity contribution in [1.82, 2.24) is 14.8 Å². The average Bonchev–Trinajstić information content (AvgIpc) is 3.18. The molecule has 2 rings (SSSR count). The topological polar surface area (TPSA) is 123 Å². The third-order valence-electron chi connectivity index (χ3n) is 5.37. The smallest absolute Gasteiger partial charge is 0.246 e. The monoisotopic (exact) mass is 483 g/mol. The first-order valence-corrected chi connectivity index (χ1v) is 12.3. The molecule has 2 amide bonds. The Morgan fingerprint density at radius 2 is 1.91 bits per heavy atom. The Bertz CT molecular complexity index is 784. The predicted octanol–water partition coefficient (Wildman–Crippen LogP) is 1.06. The lowest BCUT2D eigenvalue weighted by molar-refractivity contribution is -0.139. The molecule has 1 saturated heterocycles. The van der Waals surface area contributed by atoms with E-state index in [2.05, 4.69) is 4.98 Å². The largest absolute Gasteiger partial charge is 0.388 e. The van der Waals surface area contributed by atoms with Gasteiger partial charge in [-0.1, -0.05) is 13.8 Å². The highest BCUT2D eigenvalue weighted by Gasteiger charge is 2.29. The summed E-state index contributed by atoms with van der Waals surface area (Å²) in [5, 5.41) is 33.6. The number of hydrogen-bond donors (Lipinski definition) is 3. The van der Waals surface area contributed by atoms with Crippen molar-refractivity contribution < 1.29 is 29.6 Å². The molecule has 10 heteroatoms. The van der Waals surface area contributed by atoms with Gasteiger partial charge in [-0.25, -0.2) is 4.98 Å². The van der Waals surface area contributed by atoms with Crippen LogP contribution >= 0.6 is 11.3 Å². The molecule has 186 valence electrons. The van der Waals surface area contributed by atoms with Crippen LogP contribution in [0.3, 0.4) is 0 Å². The SMILES string of the molecule is Cc1nc(C=CC(=O)N2CCCCOC[C@@H](O)[C@H](O)[C@@H](O)CN(C(=O)CC(C)C)CC2)cs1. The summed E-state index contributed by atoms with van der Waals surface area (Å²) >= 11 is 1.51. The zero-order chi connectivity index (χ0) is 24.4. The minimum absolute atomic E-state index is 0.114. The number of aryl methyl sites for hydroxylation is 1. The van der Waals surface area contributed by atoms with Gasteiger partial charge in [0.2, 0.25) is 11.8 Å². The maximum atomic E-state index is 12.9. The van der Waals surface area contributed by atoms with Gasteiger partial charge < -0.3 is 29.9 Å². The van der Waals surface area contributed by atoms with Gasteiger partial charge in [-0.3, -0.25) is 9.59 Å². The van der Waals surface area contributed by atoms with Crippen LogP contribution in [-0.2, 0) is 14.3 Å². The van der Waals surface area contributed by atoms with E-state index < -0.39 is 18.3 Å². The average molecular weight is 484 g/mol. The molecule has 1 fully saturated rings. The highest BCUT2D eigenvalue weighted by atomic mass is 32.1. The maximum absolute atomic E-state index is 12.9. The molecule has 9 nitrogen and oxygen atoms in total. The first-order valence-electron chi connectivity index (χ1n) is 11.5. The number of ether oxygens (including phenoxy) is 1. The van der Waals surface area contributed by atoms with Crippen LogP contribution in [0, 0.1) is 12.8 Å². The fourth-order valence-corrected chi connectivity index (χ4v) is 4.07. The highest BCUT2D eigenvalue weighted by molar-refractivity contribution is 7.09. The van der Waals surface area contributed by atoms with Crippen molar-refractivity contribution in [1.29, 1.82) is 0 Å². The van der Waals surface area contributed by atoms with Crippen LogP contribution in [0.1, 0.15) is 43.8 Å². The third-order valence-corrected chi connectivity index (χ3v) is 6.16. The molecule has 0 radical (unpaired) electrons. The molecule has 1 aliphatic heterocycles. The number of β-amino-alcohol motifs (C(OH)–C–C–N with tert-alkyl or cyclic N) is 1. The molecule has 0 aliphatic carbocycles. The molecule has 3 N–H and O–H groups in total. The minimum Gasteiger partial charge on any atom is -0.388 e. The van der Waals surface area contributed by atoms with Crippen LogP contribution in [-0.4, -0.2) is 99.6 Å². The number of carbonyl (C=O) groups is 2. The lowest BCUT2D eigenvalue weighted by Crippen LogP contribution is -2.50. The van der Waals surface area contributed by atoms with Crippen LogP contribution < -0.4 is 0 Å². The molecule has 1 aromatic heterocycles. The number of hydrogen-bond acceptors (Lipinski definition) is 8. The molecule has 33 heavy (non-hydrogen) atoms. The summed E-state index contributed by atoms with van der Waals surface area (Å²) in [6.07, 6.45) is 0.793. The van der Waals surface area contributed by atoms with E-state index in [4.69, 9.17) is 4.74 Å². The number of carbonyl (C=O) groups excluding carboxylic acids is 2. The zero-order valence-corrected chi connectivity index (χ0v) is 20.5. The Labute approximate surface area is 199 Å². The summed E-state index contributed by atoms with van der Waals surface area (Å²) in [7, 11) is 0. The van der Waals surface area contributed by atoms with E-state index in [9.17, 15) is 24.9 Å². The Morgan fingerprint density at radius 3 is 2.58 bits per heavy atom. The third kappa shape index (κ3) is 9.50. The number of rotatable bonds is 4. The van der Waals surface area contributed by atoms with E-state index in [-0.39, 0.29) is 50.4 Å². The molecule has 1 aliphatic rings. The van der Waals surface area contributed by atoms with Gasteiger partial charge in [0.25, 0.3) is 0 Å². The molecule has 0 aromatic carbocycles. The van der Waals surface area contributed by atoms with Gasteiger partial charge in [0.05, 0.1) is 17.3 Å². The highest BCUT2D eigenvalue weighted by Crippen LogP contribution is 2.12. The first-order chi connectivity index (χ1) is 15.7. The number of amides is 2. The normalized spacial score (nSPS) is 24.3. The molecular formula is C23H37N3O6S. The Morgan fingerprint density at radius 1 is 1.18 bits per heavy atom. The minimum atomic E-state index is -1.44.